The Balaban J connectivity index is 1.58. The second-order valence-corrected chi connectivity index (χ2v) is 7.17. The molecule has 2 unspecified atom stereocenters. The Kier molecular flexibility index (Phi) is 5.01. The number of aromatic nitrogens is 4. The van der Waals surface area contributed by atoms with Crippen LogP contribution in [0, 0.1) is 5.82 Å². The second kappa shape index (κ2) is 7.63. The van der Waals surface area contributed by atoms with E-state index in [1.54, 1.807) is 12.3 Å². The summed E-state index contributed by atoms with van der Waals surface area (Å²) in [6.45, 7) is 1.82. The van der Waals surface area contributed by atoms with E-state index in [9.17, 15) is 14.3 Å². The van der Waals surface area contributed by atoms with Gasteiger partial charge in [-0.25, -0.2) is 23.7 Å². The van der Waals surface area contributed by atoms with Crippen molar-refractivity contribution in [2.45, 2.75) is 44.4 Å². The van der Waals surface area contributed by atoms with Crippen molar-refractivity contribution >= 4 is 17.4 Å². The number of nitrogens with two attached hydrogens (primary N) is 1. The van der Waals surface area contributed by atoms with E-state index in [4.69, 9.17) is 10.5 Å². The molecule has 1 fully saturated rings. The standard InChI is InChI=1S/C19H21FN6O3/c1-10(24-16-4-5-26-17(25-16)15(9-23-26)19(27)28)14-6-11(20)8-22-18(14)29-13-3-2-12(21)7-13/h4-6,8-10,12-13H,2-3,7,21H2,1H3,(H,24,25)(H,27,28)/t10-,12?,13?/m1/s1. The number of halogens is 1. The Bertz CT molecular complexity index is 1060. The first-order chi connectivity index (χ1) is 13.9. The fourth-order valence-corrected chi connectivity index (χ4v) is 3.49. The van der Waals surface area contributed by atoms with Crippen molar-refractivity contribution in [2.75, 3.05) is 5.32 Å². The van der Waals surface area contributed by atoms with E-state index < -0.39 is 17.8 Å². The summed E-state index contributed by atoms with van der Waals surface area (Å²) in [6.07, 6.45) is 6.37. The van der Waals surface area contributed by atoms with Crippen molar-refractivity contribution in [3.63, 3.8) is 0 Å². The number of hydrogen-bond donors (Lipinski definition) is 3. The van der Waals surface area contributed by atoms with Crippen LogP contribution in [-0.2, 0) is 0 Å². The maximum atomic E-state index is 13.9. The third kappa shape index (κ3) is 3.97. The number of pyridine rings is 1. The molecule has 4 rings (SSSR count). The minimum Gasteiger partial charge on any atom is -0.477 e. The summed E-state index contributed by atoms with van der Waals surface area (Å²) in [5, 5.41) is 16.4. The molecule has 29 heavy (non-hydrogen) atoms. The van der Waals surface area contributed by atoms with Crippen LogP contribution >= 0.6 is 0 Å². The number of hydrogen-bond acceptors (Lipinski definition) is 7. The van der Waals surface area contributed by atoms with Gasteiger partial charge in [-0.2, -0.15) is 5.10 Å². The molecule has 0 bridgehead atoms. The van der Waals surface area contributed by atoms with E-state index in [-0.39, 0.29) is 23.4 Å². The van der Waals surface area contributed by atoms with Crippen LogP contribution < -0.4 is 15.8 Å². The summed E-state index contributed by atoms with van der Waals surface area (Å²) in [6, 6.07) is 2.74. The monoisotopic (exact) mass is 400 g/mol. The highest BCUT2D eigenvalue weighted by atomic mass is 19.1. The number of fused-ring (bicyclic) bond motifs is 1. The van der Waals surface area contributed by atoms with E-state index in [2.05, 4.69) is 20.4 Å². The lowest BCUT2D eigenvalue weighted by molar-refractivity contribution is 0.0698. The maximum Gasteiger partial charge on any atom is 0.341 e. The zero-order valence-corrected chi connectivity index (χ0v) is 15.7. The first-order valence-electron chi connectivity index (χ1n) is 9.32. The Morgan fingerprint density at radius 1 is 1.45 bits per heavy atom. The number of nitrogens with one attached hydrogen (secondary N) is 1. The van der Waals surface area contributed by atoms with Crippen LogP contribution in [0.1, 0.15) is 48.1 Å². The van der Waals surface area contributed by atoms with Gasteiger partial charge in [0, 0.05) is 17.8 Å². The number of aromatic carboxylic acids is 1. The SMILES string of the molecule is C[C@@H](Nc1ccn2ncc(C(=O)O)c2n1)c1cc(F)cnc1OC1CCC(N)C1. The van der Waals surface area contributed by atoms with Crippen molar-refractivity contribution in [3.8, 4) is 5.88 Å². The number of ether oxygens (including phenoxy) is 1. The van der Waals surface area contributed by atoms with Crippen LogP contribution in [0.5, 0.6) is 5.88 Å². The Morgan fingerprint density at radius 2 is 2.28 bits per heavy atom. The largest absolute Gasteiger partial charge is 0.477 e. The summed E-state index contributed by atoms with van der Waals surface area (Å²) >= 11 is 0. The molecule has 0 radical (unpaired) electrons. The first kappa shape index (κ1) is 19.1. The van der Waals surface area contributed by atoms with Gasteiger partial charge in [-0.05, 0) is 38.3 Å². The lowest BCUT2D eigenvalue weighted by atomic mass is 10.1. The molecule has 1 saturated carbocycles. The van der Waals surface area contributed by atoms with Gasteiger partial charge in [0.1, 0.15) is 23.3 Å². The smallest absolute Gasteiger partial charge is 0.341 e. The van der Waals surface area contributed by atoms with Crippen LogP contribution in [0.15, 0.2) is 30.7 Å². The predicted octanol–water partition coefficient (Wildman–Crippen LogP) is 2.39. The molecule has 1 aliphatic carbocycles. The molecule has 0 aromatic carbocycles. The minimum absolute atomic E-state index is 0.00433. The van der Waals surface area contributed by atoms with Gasteiger partial charge in [0.15, 0.2) is 5.65 Å². The normalized spacial score (nSPS) is 20.0. The molecule has 152 valence electrons. The van der Waals surface area contributed by atoms with Crippen molar-refractivity contribution < 1.29 is 19.0 Å². The summed E-state index contributed by atoms with van der Waals surface area (Å²) in [5.74, 6) is -0.817. The molecular weight excluding hydrogens is 379 g/mol. The molecule has 9 nitrogen and oxygen atoms in total. The highest BCUT2D eigenvalue weighted by Gasteiger charge is 2.26. The van der Waals surface area contributed by atoms with Crippen LogP contribution in [0.3, 0.4) is 0 Å². The Labute approximate surface area is 165 Å². The average molecular weight is 400 g/mol. The van der Waals surface area contributed by atoms with Crippen LogP contribution in [0.4, 0.5) is 10.2 Å². The highest BCUT2D eigenvalue weighted by Crippen LogP contribution is 2.30. The molecule has 3 aromatic rings. The number of anilines is 1. The third-order valence-electron chi connectivity index (χ3n) is 4.98. The second-order valence-electron chi connectivity index (χ2n) is 7.17. The predicted molar refractivity (Wildman–Crippen MR) is 102 cm³/mol. The molecule has 3 heterocycles. The number of nitrogens with zero attached hydrogens (tertiary/aromatic N) is 4. The topological polar surface area (TPSA) is 128 Å². The van der Waals surface area contributed by atoms with E-state index >= 15 is 0 Å². The fraction of sp³-hybridized carbons (Fsp3) is 0.368. The first-order valence-corrected chi connectivity index (χ1v) is 9.32. The van der Waals surface area contributed by atoms with Gasteiger partial charge >= 0.3 is 5.97 Å². The van der Waals surface area contributed by atoms with Crippen molar-refractivity contribution in [1.29, 1.82) is 0 Å². The Morgan fingerprint density at radius 3 is 3.00 bits per heavy atom. The molecule has 3 aromatic heterocycles. The zero-order chi connectivity index (χ0) is 20.5. The van der Waals surface area contributed by atoms with E-state index in [1.807, 2.05) is 6.92 Å². The molecule has 0 aliphatic heterocycles. The quantitative estimate of drug-likeness (QED) is 0.575. The number of carbonyl (C=O) groups is 1. The number of carboxylic acids is 1. The molecule has 0 spiro atoms. The molecule has 0 amide bonds. The van der Waals surface area contributed by atoms with Gasteiger partial charge in [-0.1, -0.05) is 0 Å². The average Bonchev–Trinajstić information content (AvgIpc) is 3.28. The third-order valence-corrected chi connectivity index (χ3v) is 4.98. The van der Waals surface area contributed by atoms with Crippen LogP contribution in [-0.4, -0.2) is 42.8 Å². The Hall–Kier alpha value is -3.27. The van der Waals surface area contributed by atoms with Gasteiger partial charge in [0.25, 0.3) is 0 Å². The van der Waals surface area contributed by atoms with Gasteiger partial charge in [-0.3, -0.25) is 0 Å². The molecule has 4 N–H and O–H groups in total. The lowest BCUT2D eigenvalue weighted by Crippen LogP contribution is -2.20. The zero-order valence-electron chi connectivity index (χ0n) is 15.7. The number of carboxylic acid groups (broad SMARTS) is 1. The van der Waals surface area contributed by atoms with Crippen molar-refractivity contribution in [3.05, 3.63) is 47.7 Å². The lowest BCUT2D eigenvalue weighted by Gasteiger charge is -2.20. The van der Waals surface area contributed by atoms with Crippen LogP contribution in [0.25, 0.3) is 5.65 Å². The molecular formula is C19H21FN6O3. The minimum atomic E-state index is -1.11. The van der Waals surface area contributed by atoms with Crippen LogP contribution in [0.2, 0.25) is 0 Å². The van der Waals surface area contributed by atoms with Crippen molar-refractivity contribution in [1.82, 2.24) is 19.6 Å². The summed E-state index contributed by atoms with van der Waals surface area (Å²) in [5.41, 5.74) is 6.69. The number of rotatable bonds is 6. The summed E-state index contributed by atoms with van der Waals surface area (Å²) in [7, 11) is 0. The van der Waals surface area contributed by atoms with Gasteiger partial charge in [-0.15, -0.1) is 0 Å². The van der Waals surface area contributed by atoms with Gasteiger partial charge in [0.05, 0.1) is 18.4 Å². The van der Waals surface area contributed by atoms with Crippen molar-refractivity contribution in [2.24, 2.45) is 5.73 Å². The van der Waals surface area contributed by atoms with Gasteiger partial charge in [0.2, 0.25) is 5.88 Å². The molecule has 3 atom stereocenters. The maximum absolute atomic E-state index is 13.9. The van der Waals surface area contributed by atoms with E-state index in [0.29, 0.717) is 17.3 Å². The van der Waals surface area contributed by atoms with E-state index in [0.717, 1.165) is 25.5 Å². The summed E-state index contributed by atoms with van der Waals surface area (Å²) < 4.78 is 21.2. The molecule has 1 aliphatic rings. The van der Waals surface area contributed by atoms with Gasteiger partial charge < -0.3 is 20.9 Å². The fourth-order valence-electron chi connectivity index (χ4n) is 3.49. The molecule has 10 heteroatoms. The molecule has 0 saturated heterocycles. The van der Waals surface area contributed by atoms with E-state index in [1.165, 1.54) is 16.8 Å². The summed E-state index contributed by atoms with van der Waals surface area (Å²) in [4.78, 5) is 19.8. The highest BCUT2D eigenvalue weighted by molar-refractivity contribution is 5.94.